The molecule has 0 aliphatic heterocycles. The number of halogens is 2. The van der Waals surface area contributed by atoms with Crippen LogP contribution in [0.25, 0.3) is 0 Å². The monoisotopic (exact) mass is 292 g/mol. The Morgan fingerprint density at radius 3 is 1.83 bits per heavy atom. The molecule has 0 bridgehead atoms. The molecule has 1 rings (SSSR count). The summed E-state index contributed by atoms with van der Waals surface area (Å²) in [6.45, 7) is 3.53. The maximum atomic E-state index is 9.70. The first-order valence-corrected chi connectivity index (χ1v) is 5.17. The zero-order valence-electron chi connectivity index (χ0n) is 6.94. The highest BCUT2D eigenvalue weighted by molar-refractivity contribution is 9.11. The standard InChI is InChI=1S/C9H10Br2O/c1-9(2,12)6-3-7(10)5-8(11)4-6/h3-5,12H,1-2H3. The number of benzene rings is 1. The van der Waals surface area contributed by atoms with Gasteiger partial charge in [-0.15, -0.1) is 0 Å². The summed E-state index contributed by atoms with van der Waals surface area (Å²) in [6, 6.07) is 5.75. The van der Waals surface area contributed by atoms with Crippen LogP contribution in [0.1, 0.15) is 19.4 Å². The smallest absolute Gasteiger partial charge is 0.0841 e. The lowest BCUT2D eigenvalue weighted by Crippen LogP contribution is -2.15. The molecule has 0 aliphatic carbocycles. The van der Waals surface area contributed by atoms with Crippen molar-refractivity contribution in [1.29, 1.82) is 0 Å². The highest BCUT2D eigenvalue weighted by Crippen LogP contribution is 2.27. The molecule has 66 valence electrons. The van der Waals surface area contributed by atoms with Crippen LogP contribution in [0.3, 0.4) is 0 Å². The Hall–Kier alpha value is 0.140. The molecule has 1 nitrogen and oxygen atoms in total. The molecule has 0 amide bonds. The summed E-state index contributed by atoms with van der Waals surface area (Å²) < 4.78 is 1.93. The van der Waals surface area contributed by atoms with E-state index < -0.39 is 5.60 Å². The molecule has 0 aromatic heterocycles. The first kappa shape index (κ1) is 10.2. The Kier molecular flexibility index (Phi) is 2.97. The van der Waals surface area contributed by atoms with Crippen molar-refractivity contribution in [2.75, 3.05) is 0 Å². The molecule has 1 N–H and O–H groups in total. The average molecular weight is 294 g/mol. The molecule has 0 saturated heterocycles. The van der Waals surface area contributed by atoms with Crippen molar-refractivity contribution in [2.45, 2.75) is 19.4 Å². The van der Waals surface area contributed by atoms with Gasteiger partial charge in [-0.3, -0.25) is 0 Å². The van der Waals surface area contributed by atoms with E-state index in [0.717, 1.165) is 14.5 Å². The van der Waals surface area contributed by atoms with Crippen molar-refractivity contribution in [1.82, 2.24) is 0 Å². The molecular weight excluding hydrogens is 284 g/mol. The predicted octanol–water partition coefficient (Wildman–Crippen LogP) is 3.44. The van der Waals surface area contributed by atoms with Gasteiger partial charge in [-0.2, -0.15) is 0 Å². The molecule has 3 heteroatoms. The van der Waals surface area contributed by atoms with Gasteiger partial charge in [0.2, 0.25) is 0 Å². The Balaban J connectivity index is 3.18. The quantitative estimate of drug-likeness (QED) is 0.841. The van der Waals surface area contributed by atoms with Crippen LogP contribution in [0.5, 0.6) is 0 Å². The van der Waals surface area contributed by atoms with E-state index >= 15 is 0 Å². The minimum atomic E-state index is -0.785. The van der Waals surface area contributed by atoms with E-state index in [1.165, 1.54) is 0 Å². The molecule has 1 aromatic carbocycles. The third kappa shape index (κ3) is 2.57. The highest BCUT2D eigenvalue weighted by atomic mass is 79.9. The second kappa shape index (κ2) is 3.48. The molecule has 0 heterocycles. The summed E-state index contributed by atoms with van der Waals surface area (Å²) in [4.78, 5) is 0. The summed E-state index contributed by atoms with van der Waals surface area (Å²) in [6.07, 6.45) is 0. The van der Waals surface area contributed by atoms with Gasteiger partial charge in [0.15, 0.2) is 0 Å². The van der Waals surface area contributed by atoms with Crippen molar-refractivity contribution in [2.24, 2.45) is 0 Å². The maximum absolute atomic E-state index is 9.70. The van der Waals surface area contributed by atoms with Crippen molar-refractivity contribution in [3.05, 3.63) is 32.7 Å². The van der Waals surface area contributed by atoms with Crippen LogP contribution in [-0.4, -0.2) is 5.11 Å². The summed E-state index contributed by atoms with van der Waals surface area (Å²) in [5.74, 6) is 0. The van der Waals surface area contributed by atoms with E-state index in [1.807, 2.05) is 18.2 Å². The Morgan fingerprint density at radius 1 is 1.08 bits per heavy atom. The van der Waals surface area contributed by atoms with Crippen molar-refractivity contribution >= 4 is 31.9 Å². The molecule has 0 saturated carbocycles. The molecule has 0 aliphatic rings. The minimum Gasteiger partial charge on any atom is -0.386 e. The Bertz CT molecular complexity index is 269. The zero-order chi connectivity index (χ0) is 9.35. The minimum absolute atomic E-state index is 0.785. The predicted molar refractivity (Wildman–Crippen MR) is 57.1 cm³/mol. The van der Waals surface area contributed by atoms with E-state index in [-0.39, 0.29) is 0 Å². The zero-order valence-corrected chi connectivity index (χ0v) is 10.1. The number of aliphatic hydroxyl groups is 1. The summed E-state index contributed by atoms with van der Waals surface area (Å²) in [5.41, 5.74) is 0.107. The van der Waals surface area contributed by atoms with E-state index in [1.54, 1.807) is 13.8 Å². The Morgan fingerprint density at radius 2 is 1.50 bits per heavy atom. The molecule has 1 aromatic rings. The second-order valence-corrected chi connectivity index (χ2v) is 5.05. The second-order valence-electron chi connectivity index (χ2n) is 3.22. The van der Waals surface area contributed by atoms with Crippen LogP contribution >= 0.6 is 31.9 Å². The van der Waals surface area contributed by atoms with Gasteiger partial charge < -0.3 is 5.11 Å². The third-order valence-electron chi connectivity index (χ3n) is 1.57. The number of hydrogen-bond acceptors (Lipinski definition) is 1. The van der Waals surface area contributed by atoms with Crippen LogP contribution in [0.2, 0.25) is 0 Å². The van der Waals surface area contributed by atoms with Gasteiger partial charge in [-0.1, -0.05) is 31.9 Å². The van der Waals surface area contributed by atoms with Gasteiger partial charge in [-0.05, 0) is 37.6 Å². The fraction of sp³-hybridized carbons (Fsp3) is 0.333. The van der Waals surface area contributed by atoms with Crippen molar-refractivity contribution < 1.29 is 5.11 Å². The van der Waals surface area contributed by atoms with Crippen molar-refractivity contribution in [3.63, 3.8) is 0 Å². The molecule has 0 spiro atoms. The van der Waals surface area contributed by atoms with Gasteiger partial charge in [0, 0.05) is 8.95 Å². The van der Waals surface area contributed by atoms with Crippen LogP contribution in [0.15, 0.2) is 27.1 Å². The van der Waals surface area contributed by atoms with Crippen LogP contribution in [0.4, 0.5) is 0 Å². The Labute approximate surface area is 89.1 Å². The van der Waals surface area contributed by atoms with Gasteiger partial charge in [-0.25, -0.2) is 0 Å². The number of hydrogen-bond donors (Lipinski definition) is 1. The van der Waals surface area contributed by atoms with Crippen LogP contribution in [-0.2, 0) is 5.60 Å². The summed E-state index contributed by atoms with van der Waals surface area (Å²) in [5, 5.41) is 9.70. The molecular formula is C9H10Br2O. The third-order valence-corrected chi connectivity index (χ3v) is 2.48. The van der Waals surface area contributed by atoms with E-state index in [4.69, 9.17) is 0 Å². The fourth-order valence-corrected chi connectivity index (χ4v) is 2.20. The van der Waals surface area contributed by atoms with E-state index in [9.17, 15) is 5.11 Å². The van der Waals surface area contributed by atoms with E-state index in [2.05, 4.69) is 31.9 Å². The maximum Gasteiger partial charge on any atom is 0.0841 e. The molecule has 12 heavy (non-hydrogen) atoms. The molecule has 0 fully saturated rings. The number of rotatable bonds is 1. The van der Waals surface area contributed by atoms with Gasteiger partial charge in [0.05, 0.1) is 5.60 Å². The first-order valence-electron chi connectivity index (χ1n) is 3.58. The lowest BCUT2D eigenvalue weighted by atomic mass is 9.99. The highest BCUT2D eigenvalue weighted by Gasteiger charge is 2.16. The van der Waals surface area contributed by atoms with Crippen LogP contribution in [0, 0.1) is 0 Å². The van der Waals surface area contributed by atoms with Gasteiger partial charge >= 0.3 is 0 Å². The molecule has 0 unspecified atom stereocenters. The van der Waals surface area contributed by atoms with E-state index in [0.29, 0.717) is 0 Å². The SMILES string of the molecule is CC(C)(O)c1cc(Br)cc(Br)c1. The summed E-state index contributed by atoms with van der Waals surface area (Å²) in [7, 11) is 0. The van der Waals surface area contributed by atoms with Gasteiger partial charge in [0.1, 0.15) is 0 Å². The normalized spacial score (nSPS) is 11.8. The molecule has 0 atom stereocenters. The summed E-state index contributed by atoms with van der Waals surface area (Å²) >= 11 is 6.73. The fourth-order valence-electron chi connectivity index (χ4n) is 0.907. The lowest BCUT2D eigenvalue weighted by Gasteiger charge is -2.18. The van der Waals surface area contributed by atoms with Gasteiger partial charge in [0.25, 0.3) is 0 Å². The van der Waals surface area contributed by atoms with Crippen molar-refractivity contribution in [3.8, 4) is 0 Å². The molecule has 0 radical (unpaired) electrons. The average Bonchev–Trinajstić information content (AvgIpc) is 1.82. The lowest BCUT2D eigenvalue weighted by molar-refractivity contribution is 0.0785. The van der Waals surface area contributed by atoms with Crippen LogP contribution < -0.4 is 0 Å². The topological polar surface area (TPSA) is 20.2 Å². The first-order chi connectivity index (χ1) is 5.39. The largest absolute Gasteiger partial charge is 0.386 e.